The SMILES string of the molecule is COc1ccc(/C=C2\NCCC3=C2CCCC3)cc1. The Morgan fingerprint density at radius 1 is 1.05 bits per heavy atom. The zero-order valence-electron chi connectivity index (χ0n) is 11.5. The van der Waals surface area contributed by atoms with E-state index in [0.717, 1.165) is 12.3 Å². The number of methoxy groups -OCH3 is 1. The van der Waals surface area contributed by atoms with Gasteiger partial charge < -0.3 is 10.1 Å². The van der Waals surface area contributed by atoms with Gasteiger partial charge in [-0.05, 0) is 61.4 Å². The third kappa shape index (κ3) is 2.67. The van der Waals surface area contributed by atoms with E-state index in [9.17, 15) is 0 Å². The summed E-state index contributed by atoms with van der Waals surface area (Å²) >= 11 is 0. The summed E-state index contributed by atoms with van der Waals surface area (Å²) in [5.74, 6) is 0.913. The second-order valence-corrected chi connectivity index (χ2v) is 5.30. The molecule has 1 heterocycles. The molecule has 2 nitrogen and oxygen atoms in total. The van der Waals surface area contributed by atoms with Gasteiger partial charge in [0.2, 0.25) is 0 Å². The highest BCUT2D eigenvalue weighted by Crippen LogP contribution is 2.33. The summed E-state index contributed by atoms with van der Waals surface area (Å²) in [6, 6.07) is 8.27. The summed E-state index contributed by atoms with van der Waals surface area (Å²) in [5.41, 5.74) is 5.84. The second kappa shape index (κ2) is 5.52. The molecular formula is C17H21NO. The van der Waals surface area contributed by atoms with E-state index in [1.54, 1.807) is 18.3 Å². The molecule has 2 heteroatoms. The van der Waals surface area contributed by atoms with Gasteiger partial charge in [0.1, 0.15) is 5.75 Å². The highest BCUT2D eigenvalue weighted by Gasteiger charge is 2.19. The number of rotatable bonds is 2. The molecule has 0 atom stereocenters. The van der Waals surface area contributed by atoms with Gasteiger partial charge in [-0.25, -0.2) is 0 Å². The van der Waals surface area contributed by atoms with Gasteiger partial charge in [-0.3, -0.25) is 0 Å². The average molecular weight is 255 g/mol. The first-order valence-electron chi connectivity index (χ1n) is 7.18. The predicted molar refractivity (Wildman–Crippen MR) is 79.1 cm³/mol. The van der Waals surface area contributed by atoms with Gasteiger partial charge in [-0.2, -0.15) is 0 Å². The van der Waals surface area contributed by atoms with Crippen LogP contribution in [0.4, 0.5) is 0 Å². The largest absolute Gasteiger partial charge is 0.497 e. The van der Waals surface area contributed by atoms with Gasteiger partial charge in [-0.1, -0.05) is 17.7 Å². The number of hydrogen-bond donors (Lipinski definition) is 1. The quantitative estimate of drug-likeness (QED) is 0.865. The topological polar surface area (TPSA) is 21.3 Å². The van der Waals surface area contributed by atoms with Crippen LogP contribution in [0.1, 0.15) is 37.7 Å². The van der Waals surface area contributed by atoms with E-state index < -0.39 is 0 Å². The Labute approximate surface area is 115 Å². The van der Waals surface area contributed by atoms with Crippen LogP contribution < -0.4 is 10.1 Å². The third-order valence-corrected chi connectivity index (χ3v) is 4.08. The van der Waals surface area contributed by atoms with Crippen LogP contribution >= 0.6 is 0 Å². The van der Waals surface area contributed by atoms with E-state index in [1.165, 1.54) is 43.4 Å². The van der Waals surface area contributed by atoms with Crippen molar-refractivity contribution in [3.63, 3.8) is 0 Å². The molecule has 100 valence electrons. The highest BCUT2D eigenvalue weighted by atomic mass is 16.5. The molecule has 0 unspecified atom stereocenters. The van der Waals surface area contributed by atoms with Crippen LogP contribution in [0.25, 0.3) is 6.08 Å². The van der Waals surface area contributed by atoms with Crippen LogP contribution in [-0.4, -0.2) is 13.7 Å². The van der Waals surface area contributed by atoms with Crippen molar-refractivity contribution in [2.45, 2.75) is 32.1 Å². The van der Waals surface area contributed by atoms with Gasteiger partial charge in [0.25, 0.3) is 0 Å². The Bertz CT molecular complexity index is 507. The van der Waals surface area contributed by atoms with Gasteiger partial charge in [0, 0.05) is 12.2 Å². The lowest BCUT2D eigenvalue weighted by atomic mass is 9.85. The molecular weight excluding hydrogens is 234 g/mol. The van der Waals surface area contributed by atoms with Crippen molar-refractivity contribution < 1.29 is 4.74 Å². The minimum Gasteiger partial charge on any atom is -0.497 e. The monoisotopic (exact) mass is 255 g/mol. The summed E-state index contributed by atoms with van der Waals surface area (Å²) in [7, 11) is 1.70. The van der Waals surface area contributed by atoms with Crippen LogP contribution in [0.5, 0.6) is 5.75 Å². The van der Waals surface area contributed by atoms with E-state index in [0.29, 0.717) is 0 Å². The molecule has 0 radical (unpaired) electrons. The van der Waals surface area contributed by atoms with Crippen LogP contribution in [0, 0.1) is 0 Å². The van der Waals surface area contributed by atoms with Crippen molar-refractivity contribution in [3.05, 3.63) is 46.7 Å². The van der Waals surface area contributed by atoms with E-state index in [-0.39, 0.29) is 0 Å². The van der Waals surface area contributed by atoms with E-state index in [4.69, 9.17) is 4.74 Å². The molecule has 1 aromatic rings. The molecule has 0 saturated heterocycles. The van der Waals surface area contributed by atoms with E-state index >= 15 is 0 Å². The summed E-state index contributed by atoms with van der Waals surface area (Å²) < 4.78 is 5.20. The summed E-state index contributed by atoms with van der Waals surface area (Å²) in [6.07, 6.45) is 8.75. The number of allylic oxidation sites excluding steroid dienone is 1. The maximum absolute atomic E-state index is 5.20. The Morgan fingerprint density at radius 3 is 2.63 bits per heavy atom. The van der Waals surface area contributed by atoms with Crippen molar-refractivity contribution in [1.29, 1.82) is 0 Å². The lowest BCUT2D eigenvalue weighted by molar-refractivity contribution is 0.415. The predicted octanol–water partition coefficient (Wildman–Crippen LogP) is 3.90. The zero-order valence-corrected chi connectivity index (χ0v) is 11.5. The summed E-state index contributed by atoms with van der Waals surface area (Å²) in [6.45, 7) is 1.08. The fourth-order valence-electron chi connectivity index (χ4n) is 3.03. The molecule has 1 aromatic carbocycles. The van der Waals surface area contributed by atoms with E-state index in [2.05, 4.69) is 23.5 Å². The first-order chi connectivity index (χ1) is 9.36. The van der Waals surface area contributed by atoms with Gasteiger partial charge >= 0.3 is 0 Å². The average Bonchev–Trinajstić information content (AvgIpc) is 2.48. The van der Waals surface area contributed by atoms with Gasteiger partial charge in [0.15, 0.2) is 0 Å². The normalized spacial score (nSPS) is 21.0. The third-order valence-electron chi connectivity index (χ3n) is 4.08. The molecule has 0 fully saturated rings. The van der Waals surface area contributed by atoms with Crippen LogP contribution in [-0.2, 0) is 0 Å². The van der Waals surface area contributed by atoms with E-state index in [1.807, 2.05) is 12.1 Å². The second-order valence-electron chi connectivity index (χ2n) is 5.30. The Balaban J connectivity index is 1.88. The van der Waals surface area contributed by atoms with Crippen LogP contribution in [0.3, 0.4) is 0 Å². The molecule has 1 N–H and O–H groups in total. The fourth-order valence-corrected chi connectivity index (χ4v) is 3.03. The van der Waals surface area contributed by atoms with Crippen molar-refractivity contribution in [3.8, 4) is 5.75 Å². The smallest absolute Gasteiger partial charge is 0.118 e. The van der Waals surface area contributed by atoms with Crippen molar-refractivity contribution >= 4 is 6.08 Å². The molecule has 1 aliphatic heterocycles. The Morgan fingerprint density at radius 2 is 1.84 bits per heavy atom. The standard InChI is InChI=1S/C17H21NO/c1-19-15-8-6-13(7-9-15)12-17-16-5-3-2-4-14(16)10-11-18-17/h6-9,12,18H,2-5,10-11H2,1H3/b17-12-. The first-order valence-corrected chi connectivity index (χ1v) is 7.18. The first kappa shape index (κ1) is 12.3. The van der Waals surface area contributed by atoms with Crippen molar-refractivity contribution in [2.75, 3.05) is 13.7 Å². The minimum absolute atomic E-state index is 0.913. The molecule has 0 bridgehead atoms. The van der Waals surface area contributed by atoms with Crippen LogP contribution in [0.15, 0.2) is 41.1 Å². The van der Waals surface area contributed by atoms with Crippen LogP contribution in [0.2, 0.25) is 0 Å². The van der Waals surface area contributed by atoms with Crippen molar-refractivity contribution in [2.24, 2.45) is 0 Å². The molecule has 0 spiro atoms. The summed E-state index contributed by atoms with van der Waals surface area (Å²) in [5, 5.41) is 3.57. The van der Waals surface area contributed by atoms with Gasteiger partial charge in [0.05, 0.1) is 7.11 Å². The maximum atomic E-state index is 5.20. The molecule has 3 rings (SSSR count). The summed E-state index contributed by atoms with van der Waals surface area (Å²) in [4.78, 5) is 0. The maximum Gasteiger partial charge on any atom is 0.118 e. The lowest BCUT2D eigenvalue weighted by Gasteiger charge is -2.28. The molecule has 0 aromatic heterocycles. The number of hydrogen-bond acceptors (Lipinski definition) is 2. The van der Waals surface area contributed by atoms with Crippen molar-refractivity contribution in [1.82, 2.24) is 5.32 Å². The van der Waals surface area contributed by atoms with Gasteiger partial charge in [-0.15, -0.1) is 0 Å². The molecule has 0 amide bonds. The minimum atomic E-state index is 0.913. The number of ether oxygens (including phenoxy) is 1. The number of nitrogens with one attached hydrogen (secondary N) is 1. The zero-order chi connectivity index (χ0) is 13.1. The fraction of sp³-hybridized carbons (Fsp3) is 0.412. The molecule has 2 aliphatic rings. The Kier molecular flexibility index (Phi) is 3.58. The number of benzene rings is 1. The molecule has 1 aliphatic carbocycles. The highest BCUT2D eigenvalue weighted by molar-refractivity contribution is 5.60. The lowest BCUT2D eigenvalue weighted by Crippen LogP contribution is -2.24. The molecule has 0 saturated carbocycles. The molecule has 19 heavy (non-hydrogen) atoms. The Hall–Kier alpha value is -1.70.